The van der Waals surface area contributed by atoms with Gasteiger partial charge in [0, 0.05) is 5.56 Å². The summed E-state index contributed by atoms with van der Waals surface area (Å²) in [6.45, 7) is 6.04. The average Bonchev–Trinajstić information content (AvgIpc) is 2.54. The molecule has 23 heavy (non-hydrogen) atoms. The SMILES string of the molecule is Cc1ccc(C(=O)NC(C)c2cccc3ccccc23)c(C)c1. The first-order valence-electron chi connectivity index (χ1n) is 7.92. The largest absolute Gasteiger partial charge is 0.345 e. The van der Waals surface area contributed by atoms with Crippen LogP contribution in [0.2, 0.25) is 0 Å². The lowest BCUT2D eigenvalue weighted by molar-refractivity contribution is 0.0939. The number of hydrogen-bond donors (Lipinski definition) is 1. The van der Waals surface area contributed by atoms with E-state index < -0.39 is 0 Å². The van der Waals surface area contributed by atoms with E-state index in [1.54, 1.807) is 0 Å². The van der Waals surface area contributed by atoms with Crippen molar-refractivity contribution in [1.29, 1.82) is 0 Å². The van der Waals surface area contributed by atoms with Gasteiger partial charge in [-0.3, -0.25) is 4.79 Å². The maximum absolute atomic E-state index is 12.6. The summed E-state index contributed by atoms with van der Waals surface area (Å²) in [7, 11) is 0. The zero-order valence-corrected chi connectivity index (χ0v) is 13.8. The molecule has 0 spiro atoms. The van der Waals surface area contributed by atoms with E-state index in [-0.39, 0.29) is 11.9 Å². The van der Waals surface area contributed by atoms with Gasteiger partial charge in [0.15, 0.2) is 0 Å². The topological polar surface area (TPSA) is 29.1 Å². The van der Waals surface area contributed by atoms with Crippen molar-refractivity contribution in [3.05, 3.63) is 82.9 Å². The van der Waals surface area contributed by atoms with Gasteiger partial charge in [-0.05, 0) is 48.7 Å². The van der Waals surface area contributed by atoms with Crippen molar-refractivity contribution in [2.24, 2.45) is 0 Å². The van der Waals surface area contributed by atoms with Gasteiger partial charge in [-0.1, -0.05) is 60.2 Å². The minimum atomic E-state index is -0.0469. The fourth-order valence-corrected chi connectivity index (χ4v) is 3.05. The second-order valence-electron chi connectivity index (χ2n) is 6.08. The Bertz CT molecular complexity index is 861. The highest BCUT2D eigenvalue weighted by atomic mass is 16.1. The molecule has 1 unspecified atom stereocenters. The molecule has 0 heterocycles. The van der Waals surface area contributed by atoms with Gasteiger partial charge < -0.3 is 5.32 Å². The molecule has 3 aromatic rings. The molecule has 0 saturated carbocycles. The lowest BCUT2D eigenvalue weighted by Crippen LogP contribution is -2.27. The van der Waals surface area contributed by atoms with Gasteiger partial charge in [0.25, 0.3) is 5.91 Å². The Hall–Kier alpha value is -2.61. The Kier molecular flexibility index (Phi) is 4.16. The Balaban J connectivity index is 1.88. The van der Waals surface area contributed by atoms with Crippen LogP contribution in [0.1, 0.15) is 40.0 Å². The normalized spacial score (nSPS) is 12.1. The van der Waals surface area contributed by atoms with Crippen LogP contribution in [0.4, 0.5) is 0 Å². The van der Waals surface area contributed by atoms with Gasteiger partial charge in [-0.2, -0.15) is 0 Å². The van der Waals surface area contributed by atoms with E-state index in [1.165, 1.54) is 16.3 Å². The number of hydrogen-bond acceptors (Lipinski definition) is 1. The molecule has 0 aromatic heterocycles. The second kappa shape index (κ2) is 6.25. The molecule has 0 aliphatic rings. The summed E-state index contributed by atoms with van der Waals surface area (Å²) < 4.78 is 0. The highest BCUT2D eigenvalue weighted by Crippen LogP contribution is 2.24. The fourth-order valence-electron chi connectivity index (χ4n) is 3.05. The number of amides is 1. The molecule has 0 aliphatic heterocycles. The lowest BCUT2D eigenvalue weighted by Gasteiger charge is -2.17. The molecule has 1 amide bonds. The molecular weight excluding hydrogens is 282 g/mol. The average molecular weight is 303 g/mol. The molecule has 0 radical (unpaired) electrons. The number of benzene rings is 3. The van der Waals surface area contributed by atoms with E-state index in [4.69, 9.17) is 0 Å². The molecule has 0 saturated heterocycles. The van der Waals surface area contributed by atoms with Crippen molar-refractivity contribution in [3.63, 3.8) is 0 Å². The molecule has 116 valence electrons. The first-order valence-corrected chi connectivity index (χ1v) is 7.92. The molecule has 0 bridgehead atoms. The summed E-state index contributed by atoms with van der Waals surface area (Å²) in [4.78, 5) is 12.6. The van der Waals surface area contributed by atoms with E-state index in [1.807, 2.05) is 57.2 Å². The summed E-state index contributed by atoms with van der Waals surface area (Å²) >= 11 is 0. The quantitative estimate of drug-likeness (QED) is 0.729. The zero-order valence-electron chi connectivity index (χ0n) is 13.8. The van der Waals surface area contributed by atoms with Crippen LogP contribution in [-0.4, -0.2) is 5.91 Å². The molecule has 1 atom stereocenters. The summed E-state index contributed by atoms with van der Waals surface area (Å²) in [5.41, 5.74) is 4.05. The van der Waals surface area contributed by atoms with Crippen LogP contribution < -0.4 is 5.32 Å². The summed E-state index contributed by atoms with van der Waals surface area (Å²) in [6.07, 6.45) is 0. The van der Waals surface area contributed by atoms with Crippen LogP contribution in [0.5, 0.6) is 0 Å². The van der Waals surface area contributed by atoms with Crippen molar-refractivity contribution < 1.29 is 4.79 Å². The van der Waals surface area contributed by atoms with Crippen molar-refractivity contribution in [1.82, 2.24) is 5.32 Å². The van der Waals surface area contributed by atoms with Crippen LogP contribution in [0.25, 0.3) is 10.8 Å². The fraction of sp³-hybridized carbons (Fsp3) is 0.190. The van der Waals surface area contributed by atoms with Crippen LogP contribution in [0.3, 0.4) is 0 Å². The van der Waals surface area contributed by atoms with Gasteiger partial charge in [0.1, 0.15) is 0 Å². The number of carbonyl (C=O) groups is 1. The Morgan fingerprint density at radius 1 is 0.957 bits per heavy atom. The predicted octanol–water partition coefficient (Wildman–Crippen LogP) is 4.95. The minimum Gasteiger partial charge on any atom is -0.345 e. The highest BCUT2D eigenvalue weighted by molar-refractivity contribution is 5.96. The van der Waals surface area contributed by atoms with Gasteiger partial charge in [-0.25, -0.2) is 0 Å². The second-order valence-corrected chi connectivity index (χ2v) is 6.08. The Morgan fingerprint density at radius 2 is 1.70 bits per heavy atom. The van der Waals surface area contributed by atoms with E-state index in [0.29, 0.717) is 0 Å². The standard InChI is InChI=1S/C21H21NO/c1-14-11-12-18(15(2)13-14)21(23)22-16(3)19-10-6-8-17-7-4-5-9-20(17)19/h4-13,16H,1-3H3,(H,22,23). The van der Waals surface area contributed by atoms with Crippen LogP contribution in [-0.2, 0) is 0 Å². The summed E-state index contributed by atoms with van der Waals surface area (Å²) in [5, 5.41) is 5.50. The molecule has 0 fully saturated rings. The van der Waals surface area contributed by atoms with Crippen molar-refractivity contribution in [2.45, 2.75) is 26.8 Å². The Morgan fingerprint density at radius 3 is 2.48 bits per heavy atom. The number of fused-ring (bicyclic) bond motifs is 1. The smallest absolute Gasteiger partial charge is 0.252 e. The van der Waals surface area contributed by atoms with Gasteiger partial charge >= 0.3 is 0 Å². The maximum atomic E-state index is 12.6. The van der Waals surface area contributed by atoms with Gasteiger partial charge in [0.2, 0.25) is 0 Å². The van der Waals surface area contributed by atoms with E-state index in [0.717, 1.165) is 16.7 Å². The lowest BCUT2D eigenvalue weighted by atomic mass is 9.99. The third-order valence-electron chi connectivity index (χ3n) is 4.26. The molecule has 1 N–H and O–H groups in total. The number of rotatable bonds is 3. The molecule has 2 nitrogen and oxygen atoms in total. The molecular formula is C21H21NO. The van der Waals surface area contributed by atoms with Gasteiger partial charge in [-0.15, -0.1) is 0 Å². The molecule has 3 aromatic carbocycles. The summed E-state index contributed by atoms with van der Waals surface area (Å²) in [5.74, 6) is -0.0251. The first kappa shape index (κ1) is 15.3. The third-order valence-corrected chi connectivity index (χ3v) is 4.26. The van der Waals surface area contributed by atoms with E-state index in [9.17, 15) is 4.79 Å². The van der Waals surface area contributed by atoms with Crippen molar-refractivity contribution in [2.75, 3.05) is 0 Å². The Labute approximate surface area is 137 Å². The number of aryl methyl sites for hydroxylation is 2. The van der Waals surface area contributed by atoms with Crippen molar-refractivity contribution in [3.8, 4) is 0 Å². The van der Waals surface area contributed by atoms with Crippen molar-refractivity contribution >= 4 is 16.7 Å². The van der Waals surface area contributed by atoms with Crippen LogP contribution in [0, 0.1) is 13.8 Å². The number of nitrogens with one attached hydrogen (secondary N) is 1. The molecule has 3 rings (SSSR count). The van der Waals surface area contributed by atoms with Gasteiger partial charge in [0.05, 0.1) is 6.04 Å². The summed E-state index contributed by atoms with van der Waals surface area (Å²) in [6, 6.07) is 20.3. The molecule has 0 aliphatic carbocycles. The molecule has 2 heteroatoms. The third kappa shape index (κ3) is 3.11. The van der Waals surface area contributed by atoms with E-state index in [2.05, 4.69) is 29.6 Å². The predicted molar refractivity (Wildman–Crippen MR) is 95.7 cm³/mol. The van der Waals surface area contributed by atoms with Crippen LogP contribution >= 0.6 is 0 Å². The van der Waals surface area contributed by atoms with E-state index >= 15 is 0 Å². The maximum Gasteiger partial charge on any atom is 0.252 e. The number of carbonyl (C=O) groups excluding carboxylic acids is 1. The monoisotopic (exact) mass is 303 g/mol. The first-order chi connectivity index (χ1) is 11.1. The highest BCUT2D eigenvalue weighted by Gasteiger charge is 2.15. The van der Waals surface area contributed by atoms with Crippen LogP contribution in [0.15, 0.2) is 60.7 Å². The zero-order chi connectivity index (χ0) is 16.4. The minimum absolute atomic E-state index is 0.0251.